The van der Waals surface area contributed by atoms with Crippen molar-refractivity contribution in [2.45, 2.75) is 13.5 Å². The molecule has 3 rings (SSSR count). The summed E-state index contributed by atoms with van der Waals surface area (Å²) in [5, 5.41) is 6.41. The van der Waals surface area contributed by atoms with Gasteiger partial charge in [-0.15, -0.1) is 0 Å². The summed E-state index contributed by atoms with van der Waals surface area (Å²) < 4.78 is 5.76. The normalized spacial score (nSPS) is 11.0. The minimum absolute atomic E-state index is 0.486. The summed E-state index contributed by atoms with van der Waals surface area (Å²) in [7, 11) is 0. The second-order valence-electron chi connectivity index (χ2n) is 4.91. The molecule has 22 heavy (non-hydrogen) atoms. The Hall–Kier alpha value is -2.95. The molecule has 110 valence electrons. The maximum absolute atomic E-state index is 5.76. The van der Waals surface area contributed by atoms with Crippen LogP contribution in [0, 0.1) is 6.92 Å². The Morgan fingerprint density at radius 3 is 2.55 bits per heavy atom. The first kappa shape index (κ1) is 14.0. The molecule has 0 spiro atoms. The summed E-state index contributed by atoms with van der Waals surface area (Å²) in [6.45, 7) is 2.63. The quantitative estimate of drug-likeness (QED) is 0.733. The highest BCUT2D eigenvalue weighted by Gasteiger charge is 1.97. The average Bonchev–Trinajstić information content (AvgIpc) is 3.07. The van der Waals surface area contributed by atoms with Crippen LogP contribution in [0.5, 0.6) is 5.75 Å². The molecule has 0 fully saturated rings. The van der Waals surface area contributed by atoms with Gasteiger partial charge in [-0.25, -0.2) is 10.1 Å². The van der Waals surface area contributed by atoms with Crippen molar-refractivity contribution in [1.29, 1.82) is 0 Å². The molecule has 5 heteroatoms. The number of nitrogens with zero attached hydrogens (tertiary/aromatic N) is 3. The lowest BCUT2D eigenvalue weighted by molar-refractivity contribution is 0.306. The maximum Gasteiger partial charge on any atom is 0.245 e. The van der Waals surface area contributed by atoms with Gasteiger partial charge in [-0.05, 0) is 42.3 Å². The zero-order valence-electron chi connectivity index (χ0n) is 12.2. The lowest BCUT2D eigenvalue weighted by Gasteiger charge is -2.06. The molecule has 0 saturated carbocycles. The van der Waals surface area contributed by atoms with Crippen LogP contribution < -0.4 is 4.74 Å². The molecular formula is C17H16N4O. The second kappa shape index (κ2) is 6.67. The fourth-order valence-electron chi connectivity index (χ4n) is 1.90. The van der Waals surface area contributed by atoms with E-state index in [1.165, 1.54) is 11.9 Å². The van der Waals surface area contributed by atoms with E-state index in [-0.39, 0.29) is 0 Å². The first-order valence-corrected chi connectivity index (χ1v) is 6.97. The molecule has 5 nitrogen and oxygen atoms in total. The van der Waals surface area contributed by atoms with Gasteiger partial charge in [0.05, 0.1) is 0 Å². The minimum Gasteiger partial charge on any atom is -0.489 e. The Labute approximate surface area is 128 Å². The fourth-order valence-corrected chi connectivity index (χ4v) is 1.90. The predicted molar refractivity (Wildman–Crippen MR) is 85.6 cm³/mol. The number of hydrogen-bond donors (Lipinski definition) is 1. The van der Waals surface area contributed by atoms with E-state index in [9.17, 15) is 0 Å². The zero-order chi connectivity index (χ0) is 15.2. The van der Waals surface area contributed by atoms with Crippen LogP contribution in [0.4, 0.5) is 5.95 Å². The topological polar surface area (TPSA) is 63.2 Å². The lowest BCUT2D eigenvalue weighted by Crippen LogP contribution is -1.95. The number of H-pyrrole nitrogens is 1. The van der Waals surface area contributed by atoms with Gasteiger partial charge in [-0.1, -0.05) is 29.8 Å². The highest BCUT2D eigenvalue weighted by Crippen LogP contribution is 2.14. The number of hydrogen-bond acceptors (Lipinski definition) is 4. The number of ether oxygens (including phenoxy) is 1. The molecule has 0 aliphatic rings. The van der Waals surface area contributed by atoms with Crippen LogP contribution in [-0.4, -0.2) is 21.4 Å². The van der Waals surface area contributed by atoms with Gasteiger partial charge in [0.25, 0.3) is 0 Å². The number of aromatic nitrogens is 3. The molecule has 1 aromatic heterocycles. The van der Waals surface area contributed by atoms with Gasteiger partial charge < -0.3 is 4.74 Å². The average molecular weight is 292 g/mol. The predicted octanol–water partition coefficient (Wildman–Crippen LogP) is 3.44. The van der Waals surface area contributed by atoms with Gasteiger partial charge in [0.1, 0.15) is 18.7 Å². The van der Waals surface area contributed by atoms with Crippen LogP contribution in [-0.2, 0) is 6.61 Å². The molecule has 0 radical (unpaired) electrons. The van der Waals surface area contributed by atoms with Gasteiger partial charge >= 0.3 is 0 Å². The van der Waals surface area contributed by atoms with Crippen molar-refractivity contribution >= 4 is 12.2 Å². The van der Waals surface area contributed by atoms with Crippen molar-refractivity contribution in [1.82, 2.24) is 15.2 Å². The van der Waals surface area contributed by atoms with Crippen LogP contribution in [0.2, 0.25) is 0 Å². The minimum atomic E-state index is 0.486. The summed E-state index contributed by atoms with van der Waals surface area (Å²) in [5.41, 5.74) is 3.37. The SMILES string of the molecule is Cc1ccc(COc2ccc(C=Nc3ncn[nH]3)cc2)cc1. The van der Waals surface area contributed by atoms with Crippen LogP contribution >= 0.6 is 0 Å². The maximum atomic E-state index is 5.76. The Bertz CT molecular complexity index is 731. The third-order valence-corrected chi connectivity index (χ3v) is 3.14. The molecule has 0 unspecified atom stereocenters. The smallest absolute Gasteiger partial charge is 0.245 e. The second-order valence-corrected chi connectivity index (χ2v) is 4.91. The largest absolute Gasteiger partial charge is 0.489 e. The van der Waals surface area contributed by atoms with E-state index < -0.39 is 0 Å². The molecule has 3 aromatic rings. The van der Waals surface area contributed by atoms with Crippen LogP contribution in [0.15, 0.2) is 59.9 Å². The number of nitrogens with one attached hydrogen (secondary N) is 1. The van der Waals surface area contributed by atoms with E-state index in [0.717, 1.165) is 16.9 Å². The van der Waals surface area contributed by atoms with E-state index in [1.54, 1.807) is 6.21 Å². The highest BCUT2D eigenvalue weighted by atomic mass is 16.5. The number of aromatic amines is 1. The van der Waals surface area contributed by atoms with E-state index in [1.807, 2.05) is 24.3 Å². The molecule has 0 aliphatic heterocycles. The highest BCUT2D eigenvalue weighted by molar-refractivity contribution is 5.81. The summed E-state index contributed by atoms with van der Waals surface area (Å²) in [6.07, 6.45) is 3.15. The third-order valence-electron chi connectivity index (χ3n) is 3.14. The van der Waals surface area contributed by atoms with Crippen molar-refractivity contribution in [2.75, 3.05) is 0 Å². The number of rotatable bonds is 5. The molecule has 0 aliphatic carbocycles. The van der Waals surface area contributed by atoms with Gasteiger partial charge in [-0.2, -0.15) is 10.1 Å². The Kier molecular flexibility index (Phi) is 4.25. The molecule has 2 aromatic carbocycles. The molecule has 0 bridgehead atoms. The Balaban J connectivity index is 1.58. The van der Waals surface area contributed by atoms with E-state index in [4.69, 9.17) is 4.74 Å². The summed E-state index contributed by atoms with van der Waals surface area (Å²) >= 11 is 0. The zero-order valence-corrected chi connectivity index (χ0v) is 12.2. The van der Waals surface area contributed by atoms with Gasteiger partial charge in [-0.3, -0.25) is 0 Å². The van der Waals surface area contributed by atoms with E-state index in [2.05, 4.69) is 51.4 Å². The first-order chi connectivity index (χ1) is 10.8. The third kappa shape index (κ3) is 3.79. The van der Waals surface area contributed by atoms with Gasteiger partial charge in [0, 0.05) is 6.21 Å². The Morgan fingerprint density at radius 2 is 1.86 bits per heavy atom. The van der Waals surface area contributed by atoms with Crippen molar-refractivity contribution < 1.29 is 4.74 Å². The molecule has 0 saturated heterocycles. The molecule has 0 amide bonds. The summed E-state index contributed by atoms with van der Waals surface area (Å²) in [5.74, 6) is 1.32. The van der Waals surface area contributed by atoms with Crippen LogP contribution in [0.3, 0.4) is 0 Å². The number of aliphatic imine (C=N–C) groups is 1. The molecule has 0 atom stereocenters. The van der Waals surface area contributed by atoms with Crippen molar-refractivity contribution in [3.05, 3.63) is 71.5 Å². The van der Waals surface area contributed by atoms with Gasteiger partial charge in [0.2, 0.25) is 5.95 Å². The van der Waals surface area contributed by atoms with E-state index >= 15 is 0 Å². The Morgan fingerprint density at radius 1 is 1.09 bits per heavy atom. The lowest BCUT2D eigenvalue weighted by atomic mass is 10.2. The summed E-state index contributed by atoms with van der Waals surface area (Å²) in [4.78, 5) is 8.10. The fraction of sp³-hybridized carbons (Fsp3) is 0.118. The standard InChI is InChI=1S/C17H16N4O/c1-13-2-4-15(5-3-13)11-22-16-8-6-14(7-9-16)10-18-17-19-12-20-21-17/h2-10,12H,11H2,1H3,(H,19,20,21). The molecule has 1 heterocycles. The first-order valence-electron chi connectivity index (χ1n) is 6.97. The van der Waals surface area contributed by atoms with Crippen LogP contribution in [0.25, 0.3) is 0 Å². The van der Waals surface area contributed by atoms with Crippen molar-refractivity contribution in [3.63, 3.8) is 0 Å². The van der Waals surface area contributed by atoms with Gasteiger partial charge in [0.15, 0.2) is 0 Å². The van der Waals surface area contributed by atoms with Crippen molar-refractivity contribution in [3.8, 4) is 5.75 Å². The van der Waals surface area contributed by atoms with E-state index in [0.29, 0.717) is 12.6 Å². The van der Waals surface area contributed by atoms with Crippen LogP contribution in [0.1, 0.15) is 16.7 Å². The molecule has 1 N–H and O–H groups in total. The summed E-state index contributed by atoms with van der Waals surface area (Å²) in [6, 6.07) is 16.1. The molecular weight excluding hydrogens is 276 g/mol. The van der Waals surface area contributed by atoms with Crippen molar-refractivity contribution in [2.24, 2.45) is 4.99 Å². The monoisotopic (exact) mass is 292 g/mol. The number of aryl methyl sites for hydroxylation is 1. The number of benzene rings is 2.